The van der Waals surface area contributed by atoms with Crippen LogP contribution in [0.15, 0.2) is 30.3 Å². The average molecular weight is 406 g/mol. The number of nitrogens with zero attached hydrogens (tertiary/aromatic N) is 2. The second-order valence-corrected chi connectivity index (χ2v) is 7.83. The van der Waals surface area contributed by atoms with Crippen molar-refractivity contribution in [1.82, 2.24) is 9.80 Å². The van der Waals surface area contributed by atoms with Gasteiger partial charge in [-0.25, -0.2) is 9.59 Å². The number of hydrogen-bond donors (Lipinski definition) is 1. The molecule has 2 rings (SSSR count). The largest absolute Gasteiger partial charge is 0.466 e. The van der Waals surface area contributed by atoms with E-state index in [2.05, 4.69) is 0 Å². The normalized spacial score (nSPS) is 19.0. The van der Waals surface area contributed by atoms with Gasteiger partial charge in [0.25, 0.3) is 0 Å². The Morgan fingerprint density at radius 3 is 2.45 bits per heavy atom. The SMILES string of the molecule is CC(=O)OCC1CC(N(CC(C)C)C(=O)OCc2ccccc2)CN(C(=O)O)C1. The Morgan fingerprint density at radius 2 is 1.86 bits per heavy atom. The summed E-state index contributed by atoms with van der Waals surface area (Å²) >= 11 is 0. The van der Waals surface area contributed by atoms with Crippen molar-refractivity contribution in [3.8, 4) is 0 Å². The van der Waals surface area contributed by atoms with Crippen LogP contribution in [0.25, 0.3) is 0 Å². The number of hydrogen-bond acceptors (Lipinski definition) is 5. The molecule has 1 N–H and O–H groups in total. The minimum atomic E-state index is -1.05. The van der Waals surface area contributed by atoms with Crippen LogP contribution in [-0.4, -0.2) is 65.3 Å². The number of carbonyl (C=O) groups excluding carboxylic acids is 2. The topological polar surface area (TPSA) is 96.4 Å². The van der Waals surface area contributed by atoms with E-state index in [1.165, 1.54) is 11.8 Å². The fraction of sp³-hybridized carbons (Fsp3) is 0.571. The van der Waals surface area contributed by atoms with Crippen LogP contribution in [0.4, 0.5) is 9.59 Å². The summed E-state index contributed by atoms with van der Waals surface area (Å²) in [6, 6.07) is 9.05. The molecule has 1 aromatic rings. The smallest absolute Gasteiger partial charge is 0.410 e. The maximum absolute atomic E-state index is 12.9. The van der Waals surface area contributed by atoms with Gasteiger partial charge in [0.15, 0.2) is 0 Å². The number of piperidine rings is 1. The van der Waals surface area contributed by atoms with Gasteiger partial charge in [-0.15, -0.1) is 0 Å². The summed E-state index contributed by atoms with van der Waals surface area (Å²) in [5.41, 5.74) is 0.883. The number of likely N-dealkylation sites (tertiary alicyclic amines) is 1. The zero-order valence-corrected chi connectivity index (χ0v) is 17.2. The molecule has 1 aromatic carbocycles. The second kappa shape index (κ2) is 10.7. The summed E-state index contributed by atoms with van der Waals surface area (Å²) in [5, 5.41) is 9.49. The van der Waals surface area contributed by atoms with Crippen LogP contribution in [-0.2, 0) is 20.9 Å². The molecule has 8 nitrogen and oxygen atoms in total. The van der Waals surface area contributed by atoms with Gasteiger partial charge in [0, 0.05) is 32.5 Å². The molecule has 2 amide bonds. The van der Waals surface area contributed by atoms with Crippen LogP contribution >= 0.6 is 0 Å². The van der Waals surface area contributed by atoms with Crippen molar-refractivity contribution >= 4 is 18.2 Å². The lowest BCUT2D eigenvalue weighted by molar-refractivity contribution is -0.143. The predicted molar refractivity (Wildman–Crippen MR) is 106 cm³/mol. The number of carboxylic acid groups (broad SMARTS) is 1. The predicted octanol–water partition coefficient (Wildman–Crippen LogP) is 3.21. The number of esters is 1. The molecule has 1 heterocycles. The molecule has 29 heavy (non-hydrogen) atoms. The highest BCUT2D eigenvalue weighted by atomic mass is 16.6. The molecular weight excluding hydrogens is 376 g/mol. The number of carbonyl (C=O) groups is 3. The molecule has 8 heteroatoms. The lowest BCUT2D eigenvalue weighted by Gasteiger charge is -2.41. The Bertz CT molecular complexity index is 694. The third-order valence-corrected chi connectivity index (χ3v) is 4.75. The number of amides is 2. The maximum Gasteiger partial charge on any atom is 0.410 e. The summed E-state index contributed by atoms with van der Waals surface area (Å²) in [7, 11) is 0. The van der Waals surface area contributed by atoms with Crippen LogP contribution in [0, 0.1) is 11.8 Å². The van der Waals surface area contributed by atoms with Crippen LogP contribution in [0.5, 0.6) is 0 Å². The van der Waals surface area contributed by atoms with Gasteiger partial charge in [0.1, 0.15) is 6.61 Å². The summed E-state index contributed by atoms with van der Waals surface area (Å²) in [6.07, 6.45) is -0.972. The minimum Gasteiger partial charge on any atom is -0.466 e. The van der Waals surface area contributed by atoms with E-state index in [4.69, 9.17) is 9.47 Å². The Labute approximate surface area is 171 Å². The first-order valence-electron chi connectivity index (χ1n) is 9.84. The van der Waals surface area contributed by atoms with Crippen LogP contribution in [0.1, 0.15) is 32.8 Å². The van der Waals surface area contributed by atoms with Gasteiger partial charge < -0.3 is 24.4 Å². The molecule has 2 atom stereocenters. The number of rotatable bonds is 7. The van der Waals surface area contributed by atoms with E-state index in [9.17, 15) is 19.5 Å². The number of benzene rings is 1. The van der Waals surface area contributed by atoms with E-state index in [-0.39, 0.29) is 44.2 Å². The minimum absolute atomic E-state index is 0.129. The number of ether oxygens (including phenoxy) is 2. The fourth-order valence-corrected chi connectivity index (χ4v) is 3.48. The molecule has 1 aliphatic rings. The van der Waals surface area contributed by atoms with E-state index in [0.29, 0.717) is 13.0 Å². The first kappa shape index (κ1) is 22.5. The summed E-state index contributed by atoms with van der Waals surface area (Å²) in [4.78, 5) is 38.5. The zero-order valence-electron chi connectivity index (χ0n) is 17.2. The highest BCUT2D eigenvalue weighted by Gasteiger charge is 2.36. The monoisotopic (exact) mass is 406 g/mol. The van der Waals surface area contributed by atoms with Crippen LogP contribution < -0.4 is 0 Å². The third-order valence-electron chi connectivity index (χ3n) is 4.75. The van der Waals surface area contributed by atoms with Crippen molar-refractivity contribution in [3.63, 3.8) is 0 Å². The first-order chi connectivity index (χ1) is 13.8. The van der Waals surface area contributed by atoms with E-state index in [1.54, 1.807) is 4.90 Å². The first-order valence-corrected chi connectivity index (χ1v) is 9.84. The Morgan fingerprint density at radius 1 is 1.17 bits per heavy atom. The maximum atomic E-state index is 12.9. The molecule has 1 fully saturated rings. The molecule has 1 aliphatic heterocycles. The Hall–Kier alpha value is -2.77. The molecule has 1 saturated heterocycles. The molecule has 160 valence electrons. The van der Waals surface area contributed by atoms with Crippen LogP contribution in [0.3, 0.4) is 0 Å². The van der Waals surface area contributed by atoms with Crippen molar-refractivity contribution in [2.24, 2.45) is 11.8 Å². The van der Waals surface area contributed by atoms with Gasteiger partial charge in [-0.05, 0) is 17.9 Å². The Kier molecular flexibility index (Phi) is 8.30. The van der Waals surface area contributed by atoms with E-state index in [1.807, 2.05) is 44.2 Å². The van der Waals surface area contributed by atoms with Crippen LogP contribution in [0.2, 0.25) is 0 Å². The standard InChI is InChI=1S/C21H30N2O6/c1-15(2)10-23(21(27)29-13-17-7-5-4-6-8-17)19-9-18(14-28-16(3)24)11-22(12-19)20(25)26/h4-8,15,18-19H,9-14H2,1-3H3,(H,25,26). The lowest BCUT2D eigenvalue weighted by atomic mass is 9.93. The highest BCUT2D eigenvalue weighted by molar-refractivity contribution is 5.69. The highest BCUT2D eigenvalue weighted by Crippen LogP contribution is 2.24. The molecule has 0 bridgehead atoms. The molecule has 0 spiro atoms. The lowest BCUT2D eigenvalue weighted by Crippen LogP contribution is -2.55. The molecule has 0 aromatic heterocycles. The van der Waals surface area contributed by atoms with E-state index >= 15 is 0 Å². The van der Waals surface area contributed by atoms with Crippen molar-refractivity contribution in [2.45, 2.75) is 39.8 Å². The third kappa shape index (κ3) is 7.29. The summed E-state index contributed by atoms with van der Waals surface area (Å²) < 4.78 is 10.6. The molecular formula is C21H30N2O6. The molecule has 0 saturated carbocycles. The van der Waals surface area contributed by atoms with Crippen molar-refractivity contribution in [1.29, 1.82) is 0 Å². The fourth-order valence-electron chi connectivity index (χ4n) is 3.48. The van der Waals surface area contributed by atoms with Gasteiger partial charge in [0.05, 0.1) is 12.6 Å². The van der Waals surface area contributed by atoms with Crippen molar-refractivity contribution in [3.05, 3.63) is 35.9 Å². The van der Waals surface area contributed by atoms with E-state index in [0.717, 1.165) is 5.56 Å². The summed E-state index contributed by atoms with van der Waals surface area (Å²) in [6.45, 7) is 6.52. The summed E-state index contributed by atoms with van der Waals surface area (Å²) in [5.74, 6) is -0.396. The van der Waals surface area contributed by atoms with Gasteiger partial charge >= 0.3 is 18.2 Å². The Balaban J connectivity index is 2.11. The van der Waals surface area contributed by atoms with Gasteiger partial charge in [-0.2, -0.15) is 0 Å². The van der Waals surface area contributed by atoms with Gasteiger partial charge in [0.2, 0.25) is 0 Å². The van der Waals surface area contributed by atoms with Gasteiger partial charge in [-0.1, -0.05) is 44.2 Å². The molecule has 0 radical (unpaired) electrons. The van der Waals surface area contributed by atoms with Gasteiger partial charge in [-0.3, -0.25) is 4.79 Å². The molecule has 0 aliphatic carbocycles. The van der Waals surface area contributed by atoms with Crippen molar-refractivity contribution in [2.75, 3.05) is 26.2 Å². The second-order valence-electron chi connectivity index (χ2n) is 7.83. The van der Waals surface area contributed by atoms with Crippen molar-refractivity contribution < 1.29 is 29.0 Å². The average Bonchev–Trinajstić information content (AvgIpc) is 2.69. The van der Waals surface area contributed by atoms with E-state index < -0.39 is 18.2 Å². The molecule has 2 unspecified atom stereocenters. The quantitative estimate of drug-likeness (QED) is 0.699. The zero-order chi connectivity index (χ0) is 21.4.